The standard InChI is InChI=1S/C16H19FN8/c1-10-15(11(2)19-18-10)25-8-6-24(7-9-25)13-5-3-4-12(14(13)17)16-20-22-23-21-16/h3-5H,6-9H2,1-2H3,(H,18,19)(H,20,21,22,23). The molecule has 0 spiro atoms. The Labute approximate surface area is 144 Å². The molecule has 1 aliphatic rings. The van der Waals surface area contributed by atoms with E-state index >= 15 is 0 Å². The number of nitrogens with one attached hydrogen (secondary N) is 2. The van der Waals surface area contributed by atoms with Crippen LogP contribution in [0.3, 0.4) is 0 Å². The number of aromatic nitrogens is 6. The predicted molar refractivity (Wildman–Crippen MR) is 92.1 cm³/mol. The van der Waals surface area contributed by atoms with Crippen LogP contribution in [0, 0.1) is 19.7 Å². The van der Waals surface area contributed by atoms with Gasteiger partial charge in [0.15, 0.2) is 5.82 Å². The Kier molecular flexibility index (Phi) is 3.83. The molecule has 130 valence electrons. The van der Waals surface area contributed by atoms with Crippen molar-refractivity contribution in [1.29, 1.82) is 0 Å². The molecular formula is C16H19FN8. The van der Waals surface area contributed by atoms with Crippen molar-refractivity contribution in [2.45, 2.75) is 13.8 Å². The van der Waals surface area contributed by atoms with Gasteiger partial charge in [0.1, 0.15) is 0 Å². The van der Waals surface area contributed by atoms with Crippen molar-refractivity contribution in [2.75, 3.05) is 36.0 Å². The maximum absolute atomic E-state index is 14.9. The van der Waals surface area contributed by atoms with Crippen LogP contribution in [0.2, 0.25) is 0 Å². The minimum absolute atomic E-state index is 0.266. The molecule has 0 amide bonds. The normalized spacial score (nSPS) is 15.0. The van der Waals surface area contributed by atoms with Gasteiger partial charge in [0.25, 0.3) is 0 Å². The number of aryl methyl sites for hydroxylation is 2. The number of H-pyrrole nitrogens is 2. The highest BCUT2D eigenvalue weighted by Crippen LogP contribution is 2.30. The first kappa shape index (κ1) is 15.6. The SMILES string of the molecule is Cc1n[nH]c(C)c1N1CCN(c2cccc(-c3nn[nH]n3)c2F)CC1. The van der Waals surface area contributed by atoms with Crippen molar-refractivity contribution in [1.82, 2.24) is 30.8 Å². The van der Waals surface area contributed by atoms with Gasteiger partial charge in [-0.05, 0) is 31.2 Å². The topological polar surface area (TPSA) is 89.6 Å². The summed E-state index contributed by atoms with van der Waals surface area (Å²) in [4.78, 5) is 4.35. The van der Waals surface area contributed by atoms with E-state index in [1.165, 1.54) is 0 Å². The molecule has 1 fully saturated rings. The van der Waals surface area contributed by atoms with E-state index in [1.54, 1.807) is 12.1 Å². The summed E-state index contributed by atoms with van der Waals surface area (Å²) in [6.07, 6.45) is 0. The summed E-state index contributed by atoms with van der Waals surface area (Å²) in [5.41, 5.74) is 4.14. The first-order chi connectivity index (χ1) is 12.1. The quantitative estimate of drug-likeness (QED) is 0.753. The lowest BCUT2D eigenvalue weighted by molar-refractivity contribution is 0.599. The summed E-state index contributed by atoms with van der Waals surface area (Å²) in [5.74, 6) is -0.0457. The number of hydrogen-bond donors (Lipinski definition) is 2. The molecule has 8 nitrogen and oxygen atoms in total. The molecule has 9 heteroatoms. The number of rotatable bonds is 3. The second kappa shape index (κ2) is 6.15. The Morgan fingerprint density at radius 1 is 1.04 bits per heavy atom. The van der Waals surface area contributed by atoms with Gasteiger partial charge in [0.05, 0.1) is 28.3 Å². The van der Waals surface area contributed by atoms with E-state index < -0.39 is 0 Å². The highest BCUT2D eigenvalue weighted by Gasteiger charge is 2.24. The summed E-state index contributed by atoms with van der Waals surface area (Å²) in [6.45, 7) is 7.11. The van der Waals surface area contributed by atoms with E-state index in [9.17, 15) is 4.39 Å². The molecule has 1 aliphatic heterocycles. The fourth-order valence-corrected chi connectivity index (χ4v) is 3.39. The van der Waals surface area contributed by atoms with Crippen LogP contribution >= 0.6 is 0 Å². The Bertz CT molecular complexity index is 845. The lowest BCUT2D eigenvalue weighted by atomic mass is 10.1. The maximum Gasteiger partial charge on any atom is 0.207 e. The summed E-state index contributed by atoms with van der Waals surface area (Å²) in [6, 6.07) is 5.28. The van der Waals surface area contributed by atoms with Crippen LogP contribution in [0.15, 0.2) is 18.2 Å². The van der Waals surface area contributed by atoms with Crippen LogP contribution < -0.4 is 9.80 Å². The van der Waals surface area contributed by atoms with Gasteiger partial charge in [-0.15, -0.1) is 10.2 Å². The van der Waals surface area contributed by atoms with Crippen molar-refractivity contribution < 1.29 is 4.39 Å². The summed E-state index contributed by atoms with van der Waals surface area (Å²) < 4.78 is 14.9. The molecule has 25 heavy (non-hydrogen) atoms. The number of hydrogen-bond acceptors (Lipinski definition) is 6. The number of anilines is 2. The first-order valence-corrected chi connectivity index (χ1v) is 8.19. The highest BCUT2D eigenvalue weighted by atomic mass is 19.1. The molecule has 0 aliphatic carbocycles. The number of piperazine rings is 1. The fraction of sp³-hybridized carbons (Fsp3) is 0.375. The molecule has 0 bridgehead atoms. The Morgan fingerprint density at radius 3 is 2.44 bits per heavy atom. The molecule has 0 unspecified atom stereocenters. The zero-order valence-corrected chi connectivity index (χ0v) is 14.1. The third-order valence-corrected chi connectivity index (χ3v) is 4.59. The Morgan fingerprint density at radius 2 is 1.80 bits per heavy atom. The molecule has 0 atom stereocenters. The van der Waals surface area contributed by atoms with E-state index in [0.29, 0.717) is 11.3 Å². The van der Waals surface area contributed by atoms with Crippen LogP contribution in [-0.4, -0.2) is 57.0 Å². The van der Waals surface area contributed by atoms with Crippen LogP contribution in [0.4, 0.5) is 15.8 Å². The molecular weight excluding hydrogens is 323 g/mol. The number of halogens is 1. The minimum atomic E-state index is -0.312. The van der Waals surface area contributed by atoms with Gasteiger partial charge in [-0.1, -0.05) is 6.07 Å². The summed E-state index contributed by atoms with van der Waals surface area (Å²) in [7, 11) is 0. The lowest BCUT2D eigenvalue weighted by Gasteiger charge is -2.37. The van der Waals surface area contributed by atoms with E-state index in [1.807, 2.05) is 19.9 Å². The van der Waals surface area contributed by atoms with Crippen molar-refractivity contribution in [2.24, 2.45) is 0 Å². The molecule has 3 aromatic rings. The second-order valence-electron chi connectivity index (χ2n) is 6.13. The van der Waals surface area contributed by atoms with Gasteiger partial charge in [-0.3, -0.25) is 5.10 Å². The van der Waals surface area contributed by atoms with Crippen LogP contribution in [0.5, 0.6) is 0 Å². The summed E-state index contributed by atoms with van der Waals surface area (Å²) in [5, 5.41) is 20.9. The van der Waals surface area contributed by atoms with E-state index in [2.05, 4.69) is 40.6 Å². The molecule has 2 aromatic heterocycles. The second-order valence-corrected chi connectivity index (χ2v) is 6.13. The summed E-state index contributed by atoms with van der Waals surface area (Å²) >= 11 is 0. The van der Waals surface area contributed by atoms with E-state index in [-0.39, 0.29) is 11.6 Å². The predicted octanol–water partition coefficient (Wildman–Crippen LogP) is 1.67. The number of aromatic amines is 2. The molecule has 4 rings (SSSR count). The number of nitrogens with zero attached hydrogens (tertiary/aromatic N) is 6. The molecule has 3 heterocycles. The average molecular weight is 342 g/mol. The van der Waals surface area contributed by atoms with E-state index in [4.69, 9.17) is 0 Å². The zero-order valence-electron chi connectivity index (χ0n) is 14.1. The van der Waals surface area contributed by atoms with Gasteiger partial charge in [0, 0.05) is 26.2 Å². The number of benzene rings is 1. The maximum atomic E-state index is 14.9. The van der Waals surface area contributed by atoms with Crippen LogP contribution in [-0.2, 0) is 0 Å². The van der Waals surface area contributed by atoms with Crippen LogP contribution in [0.1, 0.15) is 11.4 Å². The zero-order chi connectivity index (χ0) is 17.4. The number of tetrazole rings is 1. The van der Waals surface area contributed by atoms with Gasteiger partial charge in [0.2, 0.25) is 5.82 Å². The van der Waals surface area contributed by atoms with Crippen molar-refractivity contribution >= 4 is 11.4 Å². The van der Waals surface area contributed by atoms with Gasteiger partial charge in [-0.2, -0.15) is 10.3 Å². The fourth-order valence-electron chi connectivity index (χ4n) is 3.39. The monoisotopic (exact) mass is 342 g/mol. The van der Waals surface area contributed by atoms with Crippen molar-refractivity contribution in [3.63, 3.8) is 0 Å². The third kappa shape index (κ3) is 2.71. The molecule has 0 saturated carbocycles. The lowest BCUT2D eigenvalue weighted by Crippen LogP contribution is -2.47. The van der Waals surface area contributed by atoms with E-state index in [0.717, 1.165) is 43.3 Å². The molecule has 0 radical (unpaired) electrons. The third-order valence-electron chi connectivity index (χ3n) is 4.59. The van der Waals surface area contributed by atoms with Crippen molar-refractivity contribution in [3.8, 4) is 11.4 Å². The van der Waals surface area contributed by atoms with Gasteiger partial charge >= 0.3 is 0 Å². The largest absolute Gasteiger partial charge is 0.366 e. The van der Waals surface area contributed by atoms with Crippen molar-refractivity contribution in [3.05, 3.63) is 35.4 Å². The Balaban J connectivity index is 1.54. The minimum Gasteiger partial charge on any atom is -0.366 e. The van der Waals surface area contributed by atoms with Gasteiger partial charge in [-0.25, -0.2) is 4.39 Å². The Hall–Kier alpha value is -2.97. The van der Waals surface area contributed by atoms with Gasteiger partial charge < -0.3 is 9.80 Å². The first-order valence-electron chi connectivity index (χ1n) is 8.19. The molecule has 2 N–H and O–H groups in total. The molecule has 1 aromatic carbocycles. The highest BCUT2D eigenvalue weighted by molar-refractivity contribution is 5.65. The molecule has 1 saturated heterocycles. The smallest absolute Gasteiger partial charge is 0.207 e. The average Bonchev–Trinajstić information content (AvgIpc) is 3.26. The van der Waals surface area contributed by atoms with Crippen LogP contribution in [0.25, 0.3) is 11.4 Å².